The van der Waals surface area contributed by atoms with E-state index in [9.17, 15) is 9.59 Å². The number of rotatable bonds is 6. The van der Waals surface area contributed by atoms with Crippen LogP contribution < -0.4 is 0 Å². The predicted molar refractivity (Wildman–Crippen MR) is 124 cm³/mol. The number of halogens is 1. The molecule has 1 saturated heterocycles. The van der Waals surface area contributed by atoms with Crippen LogP contribution in [-0.4, -0.2) is 47.7 Å². The Morgan fingerprint density at radius 3 is 2.45 bits per heavy atom. The number of furan rings is 1. The molecular weight excluding hydrogens is 412 g/mol. The minimum atomic E-state index is 0. The Hall–Kier alpha value is -2.11. The molecule has 1 aromatic carbocycles. The van der Waals surface area contributed by atoms with Gasteiger partial charge in [-0.3, -0.25) is 14.5 Å². The summed E-state index contributed by atoms with van der Waals surface area (Å²) in [5.41, 5.74) is 3.54. The molecule has 0 spiro atoms. The number of piperidine rings is 1. The van der Waals surface area contributed by atoms with Crippen molar-refractivity contribution in [2.24, 2.45) is 5.92 Å². The molecule has 168 valence electrons. The molecule has 1 aromatic heterocycles. The van der Waals surface area contributed by atoms with Crippen LogP contribution in [0, 0.1) is 5.92 Å². The van der Waals surface area contributed by atoms with E-state index >= 15 is 0 Å². The van der Waals surface area contributed by atoms with Crippen molar-refractivity contribution in [1.82, 2.24) is 9.80 Å². The summed E-state index contributed by atoms with van der Waals surface area (Å²) >= 11 is 0. The van der Waals surface area contributed by atoms with Crippen molar-refractivity contribution in [3.05, 3.63) is 59.0 Å². The van der Waals surface area contributed by atoms with Gasteiger partial charge in [0.1, 0.15) is 5.76 Å². The van der Waals surface area contributed by atoms with E-state index in [4.69, 9.17) is 4.42 Å². The van der Waals surface area contributed by atoms with E-state index < -0.39 is 0 Å². The number of carbonyl (C=O) groups is 2. The van der Waals surface area contributed by atoms with E-state index in [1.165, 1.54) is 11.1 Å². The van der Waals surface area contributed by atoms with Crippen LogP contribution in [0.4, 0.5) is 0 Å². The lowest BCUT2D eigenvalue weighted by molar-refractivity contribution is -0.130. The lowest BCUT2D eigenvalue weighted by Crippen LogP contribution is -2.37. The molecule has 2 aliphatic rings. The van der Waals surface area contributed by atoms with Crippen LogP contribution in [-0.2, 0) is 24.2 Å². The minimum absolute atomic E-state index is 0. The number of nitrogens with zero attached hydrogens (tertiary/aromatic N) is 2. The molecule has 1 fully saturated rings. The summed E-state index contributed by atoms with van der Waals surface area (Å²) < 4.78 is 5.49. The first kappa shape index (κ1) is 23.6. The standard InChI is InChI=1S/C25H32N2O3.ClH/c1-19(28)27-14-8-20(9-15-27)4-7-25(29)23-6-5-21-10-12-26(13-11-22(21)17-23)18-24-3-2-16-30-24;/h2-3,5-6,16-17,20H,4,7-15,18H2,1H3;1H. The van der Waals surface area contributed by atoms with Gasteiger partial charge in [-0.2, -0.15) is 0 Å². The minimum Gasteiger partial charge on any atom is -0.468 e. The van der Waals surface area contributed by atoms with Gasteiger partial charge in [0.15, 0.2) is 5.78 Å². The van der Waals surface area contributed by atoms with Crippen LogP contribution in [0.1, 0.15) is 59.9 Å². The average Bonchev–Trinajstić information content (AvgIpc) is 3.19. The van der Waals surface area contributed by atoms with Gasteiger partial charge >= 0.3 is 0 Å². The second kappa shape index (κ2) is 11.0. The normalized spacial score (nSPS) is 17.5. The summed E-state index contributed by atoms with van der Waals surface area (Å²) in [5, 5.41) is 0. The zero-order chi connectivity index (χ0) is 20.9. The Bertz CT molecular complexity index is 873. The molecule has 0 saturated carbocycles. The van der Waals surface area contributed by atoms with Crippen LogP contribution in [0.25, 0.3) is 0 Å². The van der Waals surface area contributed by atoms with Crippen molar-refractivity contribution in [1.29, 1.82) is 0 Å². The molecule has 0 N–H and O–H groups in total. The molecular formula is C25H33ClN2O3. The Labute approximate surface area is 191 Å². The van der Waals surface area contributed by atoms with Gasteiger partial charge in [0, 0.05) is 45.1 Å². The van der Waals surface area contributed by atoms with Gasteiger partial charge in [0.2, 0.25) is 5.91 Å². The fraction of sp³-hybridized carbons (Fsp3) is 0.520. The Morgan fingerprint density at radius 2 is 1.77 bits per heavy atom. The van der Waals surface area contributed by atoms with Crippen molar-refractivity contribution in [2.75, 3.05) is 26.2 Å². The third kappa shape index (κ3) is 6.20. The molecule has 2 aliphatic heterocycles. The lowest BCUT2D eigenvalue weighted by Gasteiger charge is -2.31. The highest BCUT2D eigenvalue weighted by Crippen LogP contribution is 2.24. The van der Waals surface area contributed by atoms with Crippen molar-refractivity contribution >= 4 is 24.1 Å². The van der Waals surface area contributed by atoms with E-state index in [1.807, 2.05) is 23.1 Å². The number of fused-ring (bicyclic) bond motifs is 1. The quantitative estimate of drug-likeness (QED) is 0.614. The van der Waals surface area contributed by atoms with Gasteiger partial charge in [-0.1, -0.05) is 12.1 Å². The maximum atomic E-state index is 12.8. The van der Waals surface area contributed by atoms with Crippen LogP contribution in [0.3, 0.4) is 0 Å². The second-order valence-corrected chi connectivity index (χ2v) is 8.75. The molecule has 31 heavy (non-hydrogen) atoms. The summed E-state index contributed by atoms with van der Waals surface area (Å²) in [6.45, 7) is 6.15. The van der Waals surface area contributed by atoms with Crippen molar-refractivity contribution in [3.8, 4) is 0 Å². The largest absolute Gasteiger partial charge is 0.468 e. The first-order chi connectivity index (χ1) is 14.6. The number of ketones is 1. The van der Waals surface area contributed by atoms with Gasteiger partial charge in [0.25, 0.3) is 0 Å². The molecule has 0 aliphatic carbocycles. The third-order valence-corrected chi connectivity index (χ3v) is 6.72. The van der Waals surface area contributed by atoms with Crippen molar-refractivity contribution in [3.63, 3.8) is 0 Å². The fourth-order valence-corrected chi connectivity index (χ4v) is 4.74. The zero-order valence-electron chi connectivity index (χ0n) is 18.3. The van der Waals surface area contributed by atoms with Gasteiger partial charge in [0.05, 0.1) is 12.8 Å². The van der Waals surface area contributed by atoms with Crippen LogP contribution in [0.2, 0.25) is 0 Å². The van der Waals surface area contributed by atoms with Crippen molar-refractivity contribution in [2.45, 2.75) is 52.0 Å². The number of hydrogen-bond acceptors (Lipinski definition) is 4. The molecule has 1 amide bonds. The number of carbonyl (C=O) groups excluding carboxylic acids is 2. The SMILES string of the molecule is CC(=O)N1CCC(CCC(=O)c2ccc3c(c2)CCN(Cc2ccco2)CC3)CC1.Cl. The highest BCUT2D eigenvalue weighted by Gasteiger charge is 2.22. The first-order valence-corrected chi connectivity index (χ1v) is 11.2. The molecule has 0 bridgehead atoms. The topological polar surface area (TPSA) is 53.8 Å². The van der Waals surface area contributed by atoms with E-state index in [0.29, 0.717) is 12.3 Å². The number of likely N-dealkylation sites (tertiary alicyclic amines) is 1. The number of amides is 1. The fourth-order valence-electron chi connectivity index (χ4n) is 4.74. The Kier molecular flexibility index (Phi) is 8.33. The van der Waals surface area contributed by atoms with E-state index in [0.717, 1.165) is 76.2 Å². The van der Waals surface area contributed by atoms with Gasteiger partial charge in [-0.05, 0) is 67.3 Å². The van der Waals surface area contributed by atoms with E-state index in [1.54, 1.807) is 13.2 Å². The zero-order valence-corrected chi connectivity index (χ0v) is 19.2. The monoisotopic (exact) mass is 444 g/mol. The number of Topliss-reactive ketones (excluding diaryl/α,β-unsaturated/α-hetero) is 1. The maximum absolute atomic E-state index is 12.8. The maximum Gasteiger partial charge on any atom is 0.219 e. The molecule has 0 atom stereocenters. The molecule has 5 nitrogen and oxygen atoms in total. The van der Waals surface area contributed by atoms with Crippen LogP contribution >= 0.6 is 12.4 Å². The molecule has 4 rings (SSSR count). The molecule has 3 heterocycles. The summed E-state index contributed by atoms with van der Waals surface area (Å²) in [6, 6.07) is 10.3. The van der Waals surface area contributed by atoms with Gasteiger partial charge < -0.3 is 9.32 Å². The van der Waals surface area contributed by atoms with Gasteiger partial charge in [-0.25, -0.2) is 0 Å². The number of hydrogen-bond donors (Lipinski definition) is 0. The van der Waals surface area contributed by atoms with Crippen LogP contribution in [0.5, 0.6) is 0 Å². The summed E-state index contributed by atoms with van der Waals surface area (Å²) in [7, 11) is 0. The van der Waals surface area contributed by atoms with Crippen LogP contribution in [0.15, 0.2) is 41.0 Å². The van der Waals surface area contributed by atoms with Crippen molar-refractivity contribution < 1.29 is 14.0 Å². The lowest BCUT2D eigenvalue weighted by atomic mass is 9.89. The Balaban J connectivity index is 0.00000272. The summed E-state index contributed by atoms with van der Waals surface area (Å²) in [6.07, 6.45) is 7.28. The first-order valence-electron chi connectivity index (χ1n) is 11.2. The third-order valence-electron chi connectivity index (χ3n) is 6.72. The van der Waals surface area contributed by atoms with E-state index in [2.05, 4.69) is 17.0 Å². The average molecular weight is 445 g/mol. The summed E-state index contributed by atoms with van der Waals surface area (Å²) in [4.78, 5) is 28.6. The molecule has 2 aromatic rings. The highest BCUT2D eigenvalue weighted by molar-refractivity contribution is 5.96. The second-order valence-electron chi connectivity index (χ2n) is 8.75. The molecule has 6 heteroatoms. The van der Waals surface area contributed by atoms with E-state index in [-0.39, 0.29) is 24.1 Å². The smallest absolute Gasteiger partial charge is 0.219 e. The van der Waals surface area contributed by atoms with Gasteiger partial charge in [-0.15, -0.1) is 12.4 Å². The number of benzene rings is 1. The highest BCUT2D eigenvalue weighted by atomic mass is 35.5. The molecule has 0 radical (unpaired) electrons. The predicted octanol–water partition coefficient (Wildman–Crippen LogP) is 4.52. The Morgan fingerprint density at radius 1 is 1.03 bits per heavy atom. The summed E-state index contributed by atoms with van der Waals surface area (Å²) in [5.74, 6) is 1.98. The molecule has 0 unspecified atom stereocenters.